The average Bonchev–Trinajstić information content (AvgIpc) is 1.45. The molecule has 0 aliphatic heterocycles. The summed E-state index contributed by atoms with van der Waals surface area (Å²) in [5.74, 6) is 0. The second-order valence-corrected chi connectivity index (χ2v) is 1.68. The van der Waals surface area contributed by atoms with Crippen LogP contribution in [0.4, 0.5) is 34.5 Å². The molecule has 2 N–H and O–H groups in total. The Morgan fingerprint density at radius 1 is 0.733 bits per heavy atom. The van der Waals surface area contributed by atoms with E-state index in [1.807, 2.05) is 0 Å². The zero-order valence-corrected chi connectivity index (χ0v) is 7.71. The van der Waals surface area contributed by atoms with Crippen LogP contribution >= 0.6 is 0 Å². The van der Waals surface area contributed by atoms with Crippen LogP contribution in [0.2, 0.25) is 0 Å². The topological polar surface area (TPSA) is 57.5 Å². The summed E-state index contributed by atoms with van der Waals surface area (Å²) < 4.78 is 101. The Morgan fingerprint density at radius 3 is 0.733 bits per heavy atom. The van der Waals surface area contributed by atoms with Gasteiger partial charge in [0.05, 0.1) is 0 Å². The summed E-state index contributed by atoms with van der Waals surface area (Å²) in [6, 6.07) is 0. The molecule has 0 spiro atoms. The monoisotopic (exact) mass is 263 g/mol. The van der Waals surface area contributed by atoms with Gasteiger partial charge < -0.3 is 34.5 Å². The van der Waals surface area contributed by atoms with Gasteiger partial charge in [-0.2, -0.15) is 4.21 Å². The molecule has 0 heterocycles. The largest absolute Gasteiger partial charge is 1.00 e. The predicted molar refractivity (Wildman–Crippen MR) is 33.8 cm³/mol. The molecule has 0 fully saturated rings. The second-order valence-electron chi connectivity index (χ2n) is 1.22. The van der Waals surface area contributed by atoms with Crippen LogP contribution in [0.3, 0.4) is 0 Å². The van der Waals surface area contributed by atoms with Gasteiger partial charge in [0.15, 0.2) is 0 Å². The fourth-order valence-electron chi connectivity index (χ4n) is 0. The van der Waals surface area contributed by atoms with Crippen LogP contribution in [-0.2, 0) is 11.4 Å². The molecule has 0 aromatic carbocycles. The first-order valence-electron chi connectivity index (χ1n) is 2.28. The minimum Gasteiger partial charge on any atom is -0.418 e. The predicted octanol–water partition coefficient (Wildman–Crippen LogP) is -0.715. The normalized spacial score (nSPS) is 10.3. The summed E-state index contributed by atoms with van der Waals surface area (Å²) in [7, 11) is -12.0. The Labute approximate surface area is 93.1 Å². The number of halogens is 8. The Kier molecular flexibility index (Phi) is 17.5. The molecule has 15 heavy (non-hydrogen) atoms. The third-order valence-corrected chi connectivity index (χ3v) is 0. The van der Waals surface area contributed by atoms with Gasteiger partial charge in [-0.3, -0.25) is 9.11 Å². The van der Waals surface area contributed by atoms with Crippen molar-refractivity contribution >= 4 is 25.9 Å². The molecule has 0 aromatic heterocycles. The Bertz CT molecular complexity index is 127. The first-order chi connectivity index (χ1) is 5.73. The molecule has 0 aliphatic carbocycles. The summed E-state index contributed by atoms with van der Waals surface area (Å²) in [4.78, 5) is 0. The maximum atomic E-state index is 9.75. The van der Waals surface area contributed by atoms with Crippen LogP contribution in [0.25, 0.3) is 0 Å². The molecule has 90 valence electrons. The molecule has 0 rings (SSSR count). The molecule has 0 amide bonds. The number of rotatable bonds is 0. The van der Waals surface area contributed by atoms with Crippen LogP contribution in [0, 0.1) is 0 Å². The van der Waals surface area contributed by atoms with Crippen molar-refractivity contribution in [1.82, 2.24) is 0 Å². The van der Waals surface area contributed by atoms with Crippen LogP contribution in [0.1, 0.15) is 0 Å². The standard InChI is InChI=1S/2BF4.Li.H2O3S/c2*2-1(3,4)5;;1-4(2)3/h;;;(H2,1,2,3)/q2*-1;+1;. The van der Waals surface area contributed by atoms with E-state index in [2.05, 4.69) is 0 Å². The van der Waals surface area contributed by atoms with E-state index in [1.54, 1.807) is 0 Å². The molecule has 0 unspecified atom stereocenters. The third-order valence-electron chi connectivity index (χ3n) is 0. The Morgan fingerprint density at radius 2 is 0.733 bits per heavy atom. The SMILES string of the molecule is F[B-](F)(F)F.F[B-](F)(F)F.O=S(O)O.[Li+]. The Balaban J connectivity index is -0.0000000590. The summed E-state index contributed by atoms with van der Waals surface area (Å²) in [5, 5.41) is 0. The first-order valence-corrected chi connectivity index (χ1v) is 3.34. The zero-order chi connectivity index (χ0) is 12.6. The van der Waals surface area contributed by atoms with E-state index in [-0.39, 0.29) is 18.9 Å². The fourth-order valence-corrected chi connectivity index (χ4v) is 0. The van der Waals surface area contributed by atoms with Crippen molar-refractivity contribution in [2.24, 2.45) is 0 Å². The molecule has 15 heteroatoms. The van der Waals surface area contributed by atoms with Crippen molar-refractivity contribution in [2.75, 3.05) is 0 Å². The molecule has 0 aromatic rings. The van der Waals surface area contributed by atoms with Crippen molar-refractivity contribution in [1.29, 1.82) is 0 Å². The molecule has 0 atom stereocenters. The minimum absolute atomic E-state index is 0. The molecule has 0 aliphatic rings. The maximum Gasteiger partial charge on any atom is 1.00 e. The molecule has 0 saturated heterocycles. The molecule has 0 bridgehead atoms. The summed E-state index contributed by atoms with van der Waals surface area (Å²) in [5.41, 5.74) is 0. The molecule has 3 nitrogen and oxygen atoms in total. The summed E-state index contributed by atoms with van der Waals surface area (Å²) in [6.45, 7) is 0. The smallest absolute Gasteiger partial charge is 0.418 e. The van der Waals surface area contributed by atoms with E-state index in [1.165, 1.54) is 0 Å². The van der Waals surface area contributed by atoms with Gasteiger partial charge in [-0.25, -0.2) is 0 Å². The summed E-state index contributed by atoms with van der Waals surface area (Å²) >= 11 is -2.61. The third kappa shape index (κ3) is 37900. The van der Waals surface area contributed by atoms with E-state index in [0.717, 1.165) is 0 Å². The summed E-state index contributed by atoms with van der Waals surface area (Å²) in [6.07, 6.45) is 0. The van der Waals surface area contributed by atoms with Gasteiger partial charge in [0.25, 0.3) is 11.4 Å². The van der Waals surface area contributed by atoms with Crippen molar-refractivity contribution in [3.05, 3.63) is 0 Å². The number of hydrogen-bond acceptors (Lipinski definition) is 1. The van der Waals surface area contributed by atoms with Crippen LogP contribution in [0.15, 0.2) is 0 Å². The average molecular weight is 263 g/mol. The van der Waals surface area contributed by atoms with Crippen LogP contribution < -0.4 is 18.9 Å². The van der Waals surface area contributed by atoms with E-state index in [9.17, 15) is 34.5 Å². The first kappa shape index (κ1) is 24.5. The zero-order valence-electron chi connectivity index (χ0n) is 6.89. The van der Waals surface area contributed by atoms with Gasteiger partial charge in [-0.15, -0.1) is 0 Å². The van der Waals surface area contributed by atoms with Crippen molar-refractivity contribution in [2.45, 2.75) is 0 Å². The Hall–Kier alpha value is 0.237. The van der Waals surface area contributed by atoms with Crippen molar-refractivity contribution in [3.8, 4) is 0 Å². The van der Waals surface area contributed by atoms with Crippen molar-refractivity contribution in [3.63, 3.8) is 0 Å². The van der Waals surface area contributed by atoms with Crippen molar-refractivity contribution < 1.29 is 66.7 Å². The molecular formula is H2B2F8LiO3S-. The fraction of sp³-hybridized carbons (Fsp3) is 0. The number of hydrogen-bond donors (Lipinski definition) is 2. The van der Waals surface area contributed by atoms with Crippen LogP contribution in [0.5, 0.6) is 0 Å². The van der Waals surface area contributed by atoms with Gasteiger partial charge in [-0.05, 0) is 0 Å². The van der Waals surface area contributed by atoms with Gasteiger partial charge >= 0.3 is 33.4 Å². The van der Waals surface area contributed by atoms with Gasteiger partial charge in [0.1, 0.15) is 0 Å². The molecular weight excluding hydrogens is 261 g/mol. The van der Waals surface area contributed by atoms with Gasteiger partial charge in [-0.1, -0.05) is 0 Å². The molecule has 0 radical (unpaired) electrons. The van der Waals surface area contributed by atoms with Gasteiger partial charge in [0.2, 0.25) is 0 Å². The van der Waals surface area contributed by atoms with Gasteiger partial charge in [0, 0.05) is 0 Å². The van der Waals surface area contributed by atoms with E-state index >= 15 is 0 Å². The van der Waals surface area contributed by atoms with E-state index in [0.29, 0.717) is 0 Å². The van der Waals surface area contributed by atoms with E-state index in [4.69, 9.17) is 13.3 Å². The van der Waals surface area contributed by atoms with E-state index < -0.39 is 25.9 Å². The maximum absolute atomic E-state index is 9.75. The second kappa shape index (κ2) is 10.7. The minimum atomic E-state index is -6.00. The van der Waals surface area contributed by atoms with Crippen LogP contribution in [-0.4, -0.2) is 27.8 Å². The molecule has 0 saturated carbocycles. The quantitative estimate of drug-likeness (QED) is 0.344.